The Morgan fingerprint density at radius 3 is 2.94 bits per heavy atom. The number of hydrogen-bond acceptors (Lipinski definition) is 3. The van der Waals surface area contributed by atoms with Gasteiger partial charge in [-0.05, 0) is 24.6 Å². The number of nitriles is 1. The van der Waals surface area contributed by atoms with Crippen LogP contribution in [0.1, 0.15) is 25.3 Å². The molecule has 0 aliphatic rings. The lowest BCUT2D eigenvalue weighted by Gasteiger charge is -2.06. The van der Waals surface area contributed by atoms with Gasteiger partial charge in [-0.15, -0.1) is 0 Å². The lowest BCUT2D eigenvalue weighted by atomic mass is 10.2. The fourth-order valence-corrected chi connectivity index (χ4v) is 2.40. The van der Waals surface area contributed by atoms with Crippen LogP contribution >= 0.6 is 0 Å². The van der Waals surface area contributed by atoms with E-state index in [1.54, 1.807) is 24.3 Å². The molecule has 0 spiro atoms. The van der Waals surface area contributed by atoms with E-state index in [0.29, 0.717) is 23.7 Å². The standard InChI is InChI=1S/C13H17NO2S/c1-2-3-8-17(15)9-7-16-13-6-4-5-12(10-13)11-14/h4-6,10H,2-3,7-9H2,1H3. The van der Waals surface area contributed by atoms with E-state index < -0.39 is 10.8 Å². The van der Waals surface area contributed by atoms with Crippen LogP contribution in [0, 0.1) is 11.3 Å². The molecule has 0 saturated heterocycles. The van der Waals surface area contributed by atoms with Gasteiger partial charge in [-0.25, -0.2) is 0 Å². The third-order valence-corrected chi connectivity index (χ3v) is 3.63. The molecule has 1 rings (SSSR count). The zero-order chi connectivity index (χ0) is 12.5. The Balaban J connectivity index is 2.31. The van der Waals surface area contributed by atoms with Crippen LogP contribution in [0.2, 0.25) is 0 Å². The molecule has 0 radical (unpaired) electrons. The van der Waals surface area contributed by atoms with Crippen molar-refractivity contribution in [1.29, 1.82) is 5.26 Å². The highest BCUT2D eigenvalue weighted by Gasteiger charge is 2.00. The van der Waals surface area contributed by atoms with Crippen molar-refractivity contribution in [3.8, 4) is 11.8 Å². The summed E-state index contributed by atoms with van der Waals surface area (Å²) in [7, 11) is -0.791. The molecule has 1 aromatic rings. The molecule has 0 bridgehead atoms. The normalized spacial score (nSPS) is 11.8. The zero-order valence-corrected chi connectivity index (χ0v) is 10.8. The van der Waals surface area contributed by atoms with Gasteiger partial charge in [0, 0.05) is 16.6 Å². The van der Waals surface area contributed by atoms with E-state index in [-0.39, 0.29) is 0 Å². The molecule has 0 aliphatic heterocycles. The Bertz CT molecular complexity index is 412. The van der Waals surface area contributed by atoms with Crippen LogP contribution in [-0.2, 0) is 10.8 Å². The van der Waals surface area contributed by atoms with E-state index in [4.69, 9.17) is 10.00 Å². The first-order chi connectivity index (χ1) is 8.26. The van der Waals surface area contributed by atoms with Gasteiger partial charge in [0.15, 0.2) is 0 Å². The van der Waals surface area contributed by atoms with Crippen LogP contribution in [-0.4, -0.2) is 22.3 Å². The highest BCUT2D eigenvalue weighted by molar-refractivity contribution is 7.84. The molecule has 0 aliphatic carbocycles. The molecule has 0 N–H and O–H groups in total. The first kappa shape index (κ1) is 13.7. The van der Waals surface area contributed by atoms with Gasteiger partial charge < -0.3 is 4.74 Å². The summed E-state index contributed by atoms with van der Waals surface area (Å²) in [5, 5.41) is 8.72. The molecule has 3 nitrogen and oxygen atoms in total. The lowest BCUT2D eigenvalue weighted by molar-refractivity contribution is 0.342. The Hall–Kier alpha value is -1.34. The number of ether oxygens (including phenoxy) is 1. The summed E-state index contributed by atoms with van der Waals surface area (Å²) in [5.41, 5.74) is 0.578. The third kappa shape index (κ3) is 5.50. The second-order valence-corrected chi connectivity index (χ2v) is 5.39. The second-order valence-electron chi connectivity index (χ2n) is 3.69. The van der Waals surface area contributed by atoms with Crippen LogP contribution in [0.25, 0.3) is 0 Å². The van der Waals surface area contributed by atoms with Crippen molar-refractivity contribution in [3.05, 3.63) is 29.8 Å². The summed E-state index contributed by atoms with van der Waals surface area (Å²) >= 11 is 0. The molecule has 92 valence electrons. The van der Waals surface area contributed by atoms with Gasteiger partial charge in [0.2, 0.25) is 0 Å². The molecule has 4 heteroatoms. The smallest absolute Gasteiger partial charge is 0.120 e. The van der Waals surface area contributed by atoms with Gasteiger partial charge >= 0.3 is 0 Å². The molecule has 0 heterocycles. The third-order valence-electron chi connectivity index (χ3n) is 2.27. The molecule has 17 heavy (non-hydrogen) atoms. The summed E-state index contributed by atoms with van der Waals surface area (Å²) in [6.45, 7) is 2.52. The van der Waals surface area contributed by atoms with Gasteiger partial charge in [0.05, 0.1) is 24.0 Å². The Labute approximate surface area is 105 Å². The first-order valence-corrected chi connectivity index (χ1v) is 7.23. The summed E-state index contributed by atoms with van der Waals surface area (Å²) < 4.78 is 16.9. The average molecular weight is 251 g/mol. The Morgan fingerprint density at radius 2 is 2.24 bits per heavy atom. The number of unbranched alkanes of at least 4 members (excludes halogenated alkanes) is 1. The van der Waals surface area contributed by atoms with E-state index in [9.17, 15) is 4.21 Å². The Morgan fingerprint density at radius 1 is 1.41 bits per heavy atom. The second kappa shape index (κ2) is 7.86. The molecular weight excluding hydrogens is 234 g/mol. The minimum absolute atomic E-state index is 0.436. The molecule has 0 fully saturated rings. The zero-order valence-electron chi connectivity index (χ0n) is 10.0. The van der Waals surface area contributed by atoms with Crippen molar-refractivity contribution in [3.63, 3.8) is 0 Å². The maximum atomic E-state index is 11.5. The minimum atomic E-state index is -0.791. The number of nitrogens with zero attached hydrogens (tertiary/aromatic N) is 1. The average Bonchev–Trinajstić information content (AvgIpc) is 2.36. The van der Waals surface area contributed by atoms with Crippen LogP contribution in [0.4, 0.5) is 0 Å². The predicted octanol–water partition coefficient (Wildman–Crippen LogP) is 2.49. The highest BCUT2D eigenvalue weighted by Crippen LogP contribution is 2.12. The molecule has 0 amide bonds. The van der Waals surface area contributed by atoms with Gasteiger partial charge in [0.25, 0.3) is 0 Å². The van der Waals surface area contributed by atoms with Crippen molar-refractivity contribution in [2.75, 3.05) is 18.1 Å². The van der Waals surface area contributed by atoms with E-state index in [1.165, 1.54) is 0 Å². The molecule has 1 unspecified atom stereocenters. The largest absolute Gasteiger partial charge is 0.493 e. The molecule has 1 atom stereocenters. The quantitative estimate of drug-likeness (QED) is 0.748. The van der Waals surface area contributed by atoms with Gasteiger partial charge in [-0.2, -0.15) is 5.26 Å². The van der Waals surface area contributed by atoms with E-state index >= 15 is 0 Å². The number of rotatable bonds is 7. The first-order valence-electron chi connectivity index (χ1n) is 5.74. The summed E-state index contributed by atoms with van der Waals surface area (Å²) in [6, 6.07) is 9.05. The van der Waals surface area contributed by atoms with Crippen LogP contribution in [0.5, 0.6) is 5.75 Å². The van der Waals surface area contributed by atoms with Crippen molar-refractivity contribution in [2.24, 2.45) is 0 Å². The van der Waals surface area contributed by atoms with Gasteiger partial charge in [-0.1, -0.05) is 19.4 Å². The highest BCUT2D eigenvalue weighted by atomic mass is 32.2. The monoisotopic (exact) mass is 251 g/mol. The van der Waals surface area contributed by atoms with Crippen LogP contribution in [0.15, 0.2) is 24.3 Å². The Kier molecular flexibility index (Phi) is 6.34. The lowest BCUT2D eigenvalue weighted by Crippen LogP contribution is -2.11. The van der Waals surface area contributed by atoms with Gasteiger partial charge in [0.1, 0.15) is 5.75 Å². The maximum Gasteiger partial charge on any atom is 0.120 e. The molecular formula is C13H17NO2S. The summed E-state index contributed by atoms with van der Waals surface area (Å²) in [5.74, 6) is 1.96. The predicted molar refractivity (Wildman–Crippen MR) is 69.4 cm³/mol. The van der Waals surface area contributed by atoms with Crippen LogP contribution < -0.4 is 4.74 Å². The molecule has 0 aromatic heterocycles. The number of benzene rings is 1. The maximum absolute atomic E-state index is 11.5. The minimum Gasteiger partial charge on any atom is -0.493 e. The van der Waals surface area contributed by atoms with Crippen molar-refractivity contribution in [1.82, 2.24) is 0 Å². The van der Waals surface area contributed by atoms with Gasteiger partial charge in [-0.3, -0.25) is 4.21 Å². The topological polar surface area (TPSA) is 50.1 Å². The van der Waals surface area contributed by atoms with Crippen molar-refractivity contribution < 1.29 is 8.95 Å². The van der Waals surface area contributed by atoms with Crippen molar-refractivity contribution in [2.45, 2.75) is 19.8 Å². The fourth-order valence-electron chi connectivity index (χ4n) is 1.32. The van der Waals surface area contributed by atoms with Crippen molar-refractivity contribution >= 4 is 10.8 Å². The SMILES string of the molecule is CCCCS(=O)CCOc1cccc(C#N)c1. The number of hydrogen-bond donors (Lipinski definition) is 0. The summed E-state index contributed by atoms with van der Waals surface area (Å²) in [6.07, 6.45) is 2.06. The fraction of sp³-hybridized carbons (Fsp3) is 0.462. The van der Waals surface area contributed by atoms with E-state index in [0.717, 1.165) is 18.6 Å². The van der Waals surface area contributed by atoms with Crippen LogP contribution in [0.3, 0.4) is 0 Å². The molecule has 1 aromatic carbocycles. The summed E-state index contributed by atoms with van der Waals surface area (Å²) in [4.78, 5) is 0. The van der Waals surface area contributed by atoms with E-state index in [2.05, 4.69) is 13.0 Å². The molecule has 0 saturated carbocycles. The van der Waals surface area contributed by atoms with E-state index in [1.807, 2.05) is 0 Å².